The van der Waals surface area contributed by atoms with Crippen LogP contribution in [0.15, 0.2) is 0 Å². The number of aliphatic hydroxyl groups excluding tert-OH is 1. The summed E-state index contributed by atoms with van der Waals surface area (Å²) in [6.07, 6.45) is 0. The van der Waals surface area contributed by atoms with Crippen molar-refractivity contribution >= 4 is 17.7 Å². The summed E-state index contributed by atoms with van der Waals surface area (Å²) in [6, 6.07) is -0.859. The minimum absolute atomic E-state index is 0.0824. The largest absolute Gasteiger partial charge is 0.480 e. The van der Waals surface area contributed by atoms with E-state index in [1.807, 2.05) is 0 Å². The molecule has 1 unspecified atom stereocenters. The molecule has 0 aliphatic carbocycles. The van der Waals surface area contributed by atoms with E-state index in [9.17, 15) is 4.79 Å². The molecule has 0 aliphatic rings. The van der Waals surface area contributed by atoms with Gasteiger partial charge in [-0.3, -0.25) is 4.79 Å². The van der Waals surface area contributed by atoms with Gasteiger partial charge in [0.25, 0.3) is 0 Å². The number of hydrogen-bond acceptors (Lipinski definition) is 4. The van der Waals surface area contributed by atoms with Crippen LogP contribution in [-0.2, 0) is 4.79 Å². The lowest BCUT2D eigenvalue weighted by molar-refractivity contribution is -0.137. The van der Waals surface area contributed by atoms with E-state index in [0.29, 0.717) is 0 Å². The molecule has 9 heavy (non-hydrogen) atoms. The third-order valence-electron chi connectivity index (χ3n) is 0.706. The molecule has 5 heteroatoms. The van der Waals surface area contributed by atoms with Gasteiger partial charge in [0, 0.05) is 5.75 Å². The van der Waals surface area contributed by atoms with E-state index in [1.165, 1.54) is 0 Å². The second-order valence-corrected chi connectivity index (χ2v) is 2.44. The van der Waals surface area contributed by atoms with Crippen molar-refractivity contribution in [2.24, 2.45) is 5.73 Å². The van der Waals surface area contributed by atoms with Gasteiger partial charge in [-0.05, 0) is 0 Å². The van der Waals surface area contributed by atoms with Gasteiger partial charge in [-0.15, -0.1) is 11.8 Å². The van der Waals surface area contributed by atoms with Gasteiger partial charge < -0.3 is 15.9 Å². The predicted octanol–water partition coefficient (Wildman–Crippen LogP) is -0.919. The highest BCUT2D eigenvalue weighted by atomic mass is 32.2. The fraction of sp³-hybridized carbons (Fsp3) is 0.750. The zero-order valence-electron chi connectivity index (χ0n) is 4.78. The Hall–Kier alpha value is -0.260. The van der Waals surface area contributed by atoms with Crippen molar-refractivity contribution in [3.63, 3.8) is 0 Å². The van der Waals surface area contributed by atoms with Crippen molar-refractivity contribution in [2.45, 2.75) is 6.04 Å². The van der Waals surface area contributed by atoms with Crippen LogP contribution in [-0.4, -0.2) is 33.9 Å². The summed E-state index contributed by atoms with van der Waals surface area (Å²) in [4.78, 5) is 9.99. The number of nitrogens with two attached hydrogens (primary N) is 1. The van der Waals surface area contributed by atoms with Crippen molar-refractivity contribution in [1.29, 1.82) is 0 Å². The number of rotatable bonds is 4. The van der Waals surface area contributed by atoms with E-state index in [-0.39, 0.29) is 11.7 Å². The Balaban J connectivity index is 3.27. The Morgan fingerprint density at radius 2 is 2.33 bits per heavy atom. The fourth-order valence-corrected chi connectivity index (χ4v) is 0.753. The molecule has 0 saturated carbocycles. The monoisotopic (exact) mass is 151 g/mol. The van der Waals surface area contributed by atoms with Gasteiger partial charge in [-0.1, -0.05) is 0 Å². The fourth-order valence-electron chi connectivity index (χ4n) is 0.251. The third kappa shape index (κ3) is 4.26. The van der Waals surface area contributed by atoms with E-state index in [2.05, 4.69) is 0 Å². The smallest absolute Gasteiger partial charge is 0.321 e. The van der Waals surface area contributed by atoms with Crippen molar-refractivity contribution in [3.8, 4) is 0 Å². The second-order valence-electron chi connectivity index (χ2n) is 1.44. The minimum atomic E-state index is -1.03. The third-order valence-corrected chi connectivity index (χ3v) is 1.48. The molecule has 0 rings (SSSR count). The SMILES string of the molecule is NC(CSCO)C(=O)O. The molecule has 4 N–H and O–H groups in total. The number of carbonyl (C=O) groups is 1. The zero-order valence-corrected chi connectivity index (χ0v) is 5.60. The van der Waals surface area contributed by atoms with Crippen molar-refractivity contribution in [1.82, 2.24) is 0 Å². The lowest BCUT2D eigenvalue weighted by atomic mass is 10.4. The van der Waals surface area contributed by atoms with Crippen LogP contribution in [0.2, 0.25) is 0 Å². The molecule has 0 bridgehead atoms. The van der Waals surface area contributed by atoms with Crippen LogP contribution in [0.25, 0.3) is 0 Å². The molecule has 0 aromatic rings. The van der Waals surface area contributed by atoms with E-state index in [4.69, 9.17) is 15.9 Å². The maximum Gasteiger partial charge on any atom is 0.321 e. The number of thioether (sulfide) groups is 1. The topological polar surface area (TPSA) is 83.5 Å². The quantitative estimate of drug-likeness (QED) is 0.453. The van der Waals surface area contributed by atoms with Crippen LogP contribution in [0.5, 0.6) is 0 Å². The summed E-state index contributed by atoms with van der Waals surface area (Å²) in [7, 11) is 0. The minimum Gasteiger partial charge on any atom is -0.480 e. The predicted molar refractivity (Wildman–Crippen MR) is 35.2 cm³/mol. The summed E-state index contributed by atoms with van der Waals surface area (Å²) < 4.78 is 0. The molecule has 0 heterocycles. The molecule has 0 fully saturated rings. The van der Waals surface area contributed by atoms with Crippen LogP contribution in [0.3, 0.4) is 0 Å². The zero-order chi connectivity index (χ0) is 7.28. The van der Waals surface area contributed by atoms with Crippen LogP contribution in [0.4, 0.5) is 0 Å². The maximum atomic E-state index is 9.99. The molecule has 0 aliphatic heterocycles. The highest BCUT2D eigenvalue weighted by molar-refractivity contribution is 7.99. The molecule has 4 nitrogen and oxygen atoms in total. The van der Waals surface area contributed by atoms with Crippen LogP contribution < -0.4 is 5.73 Å². The normalized spacial score (nSPS) is 13.1. The van der Waals surface area contributed by atoms with Gasteiger partial charge in [0.15, 0.2) is 0 Å². The summed E-state index contributed by atoms with van der Waals surface area (Å²) in [6.45, 7) is 0. The first-order valence-corrected chi connectivity index (χ1v) is 3.51. The molecule has 0 radical (unpaired) electrons. The highest BCUT2D eigenvalue weighted by Crippen LogP contribution is 1.97. The summed E-state index contributed by atoms with van der Waals surface area (Å²) >= 11 is 1.09. The Morgan fingerprint density at radius 3 is 2.67 bits per heavy atom. The summed E-state index contributed by atoms with van der Waals surface area (Å²) in [5.41, 5.74) is 5.07. The Morgan fingerprint density at radius 1 is 1.78 bits per heavy atom. The molecular weight excluding hydrogens is 142 g/mol. The number of aliphatic carboxylic acids is 1. The van der Waals surface area contributed by atoms with Crippen LogP contribution >= 0.6 is 11.8 Å². The Labute approximate surface area is 57.0 Å². The molecule has 0 amide bonds. The van der Waals surface area contributed by atoms with Crippen LogP contribution in [0, 0.1) is 0 Å². The number of aliphatic hydroxyl groups is 1. The van der Waals surface area contributed by atoms with Gasteiger partial charge in [0.2, 0.25) is 0 Å². The second kappa shape index (κ2) is 4.60. The first-order valence-electron chi connectivity index (χ1n) is 2.35. The lowest BCUT2D eigenvalue weighted by Gasteiger charge is -2.01. The molecule has 54 valence electrons. The van der Waals surface area contributed by atoms with Gasteiger partial charge in [-0.2, -0.15) is 0 Å². The lowest BCUT2D eigenvalue weighted by Crippen LogP contribution is -2.32. The summed E-state index contributed by atoms with van der Waals surface area (Å²) in [5, 5.41) is 16.4. The summed E-state index contributed by atoms with van der Waals surface area (Å²) in [5.74, 6) is -0.858. The Bertz CT molecular complexity index is 97.8. The van der Waals surface area contributed by atoms with E-state index in [0.717, 1.165) is 11.8 Å². The molecule has 0 spiro atoms. The number of carboxylic acid groups (broad SMARTS) is 1. The van der Waals surface area contributed by atoms with Gasteiger partial charge in [-0.25, -0.2) is 0 Å². The standard InChI is InChI=1S/C4H9NO3S/c5-3(4(7)8)1-9-2-6/h3,6H,1-2,5H2,(H,7,8). The van der Waals surface area contributed by atoms with E-state index < -0.39 is 12.0 Å². The molecule has 0 saturated heterocycles. The molecular formula is C4H9NO3S. The van der Waals surface area contributed by atoms with Gasteiger partial charge in [0.1, 0.15) is 6.04 Å². The maximum absolute atomic E-state index is 9.99. The van der Waals surface area contributed by atoms with Gasteiger partial charge >= 0.3 is 5.97 Å². The molecule has 0 aromatic carbocycles. The van der Waals surface area contributed by atoms with Crippen molar-refractivity contribution < 1.29 is 15.0 Å². The molecule has 0 aromatic heterocycles. The van der Waals surface area contributed by atoms with Crippen molar-refractivity contribution in [3.05, 3.63) is 0 Å². The van der Waals surface area contributed by atoms with Crippen molar-refractivity contribution in [2.75, 3.05) is 11.7 Å². The van der Waals surface area contributed by atoms with E-state index >= 15 is 0 Å². The van der Waals surface area contributed by atoms with Gasteiger partial charge in [0.05, 0.1) is 5.94 Å². The van der Waals surface area contributed by atoms with Crippen LogP contribution in [0.1, 0.15) is 0 Å². The number of carboxylic acids is 1. The molecule has 1 atom stereocenters. The number of hydrogen-bond donors (Lipinski definition) is 3. The highest BCUT2D eigenvalue weighted by Gasteiger charge is 2.09. The van der Waals surface area contributed by atoms with E-state index in [1.54, 1.807) is 0 Å². The average Bonchev–Trinajstić information content (AvgIpc) is 1.82. The first-order chi connectivity index (χ1) is 4.18. The first kappa shape index (κ1) is 8.74. The Kier molecular flexibility index (Phi) is 4.47. The average molecular weight is 151 g/mol.